The van der Waals surface area contributed by atoms with Crippen LogP contribution in [0.4, 0.5) is 15.8 Å². The van der Waals surface area contributed by atoms with E-state index in [4.69, 9.17) is 4.74 Å². The Hall–Kier alpha value is -3.39. The molecule has 6 nitrogen and oxygen atoms in total. The number of carbonyl (C=O) groups is 1. The summed E-state index contributed by atoms with van der Waals surface area (Å²) in [6, 6.07) is 16.8. The smallest absolute Gasteiger partial charge is 0.264 e. The molecule has 0 aliphatic carbocycles. The lowest BCUT2D eigenvalue weighted by molar-refractivity contribution is 0.102. The van der Waals surface area contributed by atoms with Gasteiger partial charge in [-0.3, -0.25) is 9.10 Å². The molecule has 1 heterocycles. The first-order valence-corrected chi connectivity index (χ1v) is 11.2. The fraction of sp³-hybridized carbons (Fsp3) is 0.174. The van der Waals surface area contributed by atoms with Crippen LogP contribution in [0.3, 0.4) is 0 Å². The third-order valence-electron chi connectivity index (χ3n) is 5.15. The van der Waals surface area contributed by atoms with Crippen LogP contribution in [0.1, 0.15) is 22.3 Å². The van der Waals surface area contributed by atoms with Gasteiger partial charge in [0.2, 0.25) is 0 Å². The van der Waals surface area contributed by atoms with E-state index in [0.29, 0.717) is 42.1 Å². The number of ether oxygens (including phenoxy) is 1. The number of rotatable bonds is 5. The predicted octanol–water partition coefficient (Wildman–Crippen LogP) is 4.23. The van der Waals surface area contributed by atoms with E-state index in [-0.39, 0.29) is 10.8 Å². The van der Waals surface area contributed by atoms with E-state index >= 15 is 0 Å². The van der Waals surface area contributed by atoms with Crippen LogP contribution < -0.4 is 14.4 Å². The van der Waals surface area contributed by atoms with E-state index in [1.54, 1.807) is 42.5 Å². The Bertz CT molecular complexity index is 1230. The Morgan fingerprint density at radius 2 is 1.84 bits per heavy atom. The van der Waals surface area contributed by atoms with Crippen molar-refractivity contribution in [2.75, 3.05) is 23.3 Å². The van der Waals surface area contributed by atoms with Gasteiger partial charge in [-0.25, -0.2) is 12.8 Å². The van der Waals surface area contributed by atoms with Crippen molar-refractivity contribution >= 4 is 27.3 Å². The molecule has 3 aromatic carbocycles. The largest absolute Gasteiger partial charge is 0.497 e. The molecule has 1 amide bonds. The number of hydrogen-bond donors (Lipinski definition) is 1. The van der Waals surface area contributed by atoms with Gasteiger partial charge in [0.15, 0.2) is 0 Å². The second kappa shape index (κ2) is 8.39. The summed E-state index contributed by atoms with van der Waals surface area (Å²) in [5.74, 6) is -0.195. The standard InChI is InChI=1S/C23H21FN2O4S/c1-30-20-6-2-4-17(15-20)23(27)25-19-9-12-22-16(14-19)5-3-13-26(22)31(28,29)21-10-7-18(24)8-11-21/h2,4,6-12,14-15H,3,5,13H2,1H3,(H,25,27). The first-order chi connectivity index (χ1) is 14.9. The molecule has 8 heteroatoms. The fourth-order valence-corrected chi connectivity index (χ4v) is 5.13. The van der Waals surface area contributed by atoms with Gasteiger partial charge in [-0.05, 0) is 79.1 Å². The van der Waals surface area contributed by atoms with Crippen LogP contribution in [0.25, 0.3) is 0 Å². The molecular weight excluding hydrogens is 419 g/mol. The van der Waals surface area contributed by atoms with E-state index in [9.17, 15) is 17.6 Å². The van der Waals surface area contributed by atoms with Crippen molar-refractivity contribution in [2.24, 2.45) is 0 Å². The van der Waals surface area contributed by atoms with Crippen LogP contribution in [0.5, 0.6) is 5.75 Å². The van der Waals surface area contributed by atoms with Crippen molar-refractivity contribution in [1.82, 2.24) is 0 Å². The minimum Gasteiger partial charge on any atom is -0.497 e. The van der Waals surface area contributed by atoms with Crippen molar-refractivity contribution < 1.29 is 22.3 Å². The van der Waals surface area contributed by atoms with Gasteiger partial charge in [0, 0.05) is 17.8 Å². The molecule has 4 rings (SSSR count). The van der Waals surface area contributed by atoms with E-state index in [1.807, 2.05) is 0 Å². The summed E-state index contributed by atoms with van der Waals surface area (Å²) in [7, 11) is -2.28. The number of benzene rings is 3. The van der Waals surface area contributed by atoms with Crippen LogP contribution in [0, 0.1) is 5.82 Å². The van der Waals surface area contributed by atoms with Crippen LogP contribution in [0.15, 0.2) is 71.6 Å². The summed E-state index contributed by atoms with van der Waals surface area (Å²) in [6.45, 7) is 0.336. The van der Waals surface area contributed by atoms with Gasteiger partial charge in [0.25, 0.3) is 15.9 Å². The lowest BCUT2D eigenvalue weighted by Gasteiger charge is -2.31. The molecule has 0 atom stereocenters. The van der Waals surface area contributed by atoms with Crippen LogP contribution in [0.2, 0.25) is 0 Å². The first-order valence-electron chi connectivity index (χ1n) is 9.75. The monoisotopic (exact) mass is 440 g/mol. The molecule has 0 radical (unpaired) electrons. The third kappa shape index (κ3) is 4.25. The molecule has 0 saturated heterocycles. The average Bonchev–Trinajstić information content (AvgIpc) is 2.78. The topological polar surface area (TPSA) is 75.7 Å². The van der Waals surface area contributed by atoms with Crippen LogP contribution >= 0.6 is 0 Å². The molecule has 0 bridgehead atoms. The Balaban J connectivity index is 1.60. The molecule has 1 aliphatic heterocycles. The maximum atomic E-state index is 13.2. The minimum atomic E-state index is -3.81. The van der Waals surface area contributed by atoms with E-state index in [1.165, 1.54) is 23.5 Å². The fourth-order valence-electron chi connectivity index (χ4n) is 3.59. The molecule has 3 aromatic rings. The zero-order chi connectivity index (χ0) is 22.0. The van der Waals surface area contributed by atoms with Crippen LogP contribution in [-0.2, 0) is 16.4 Å². The number of fused-ring (bicyclic) bond motifs is 1. The second-order valence-electron chi connectivity index (χ2n) is 7.16. The van der Waals surface area contributed by atoms with Gasteiger partial charge in [0.05, 0.1) is 17.7 Å². The van der Waals surface area contributed by atoms with Gasteiger partial charge in [-0.15, -0.1) is 0 Å². The number of carbonyl (C=O) groups excluding carboxylic acids is 1. The van der Waals surface area contributed by atoms with Gasteiger partial charge >= 0.3 is 0 Å². The number of nitrogens with one attached hydrogen (secondary N) is 1. The van der Waals surface area contributed by atoms with E-state index in [2.05, 4.69) is 5.32 Å². The average molecular weight is 440 g/mol. The predicted molar refractivity (Wildman–Crippen MR) is 117 cm³/mol. The summed E-state index contributed by atoms with van der Waals surface area (Å²) in [4.78, 5) is 12.6. The molecule has 160 valence electrons. The number of aryl methyl sites for hydroxylation is 1. The molecule has 0 aromatic heterocycles. The number of amides is 1. The number of methoxy groups -OCH3 is 1. The highest BCUT2D eigenvalue weighted by Gasteiger charge is 2.29. The Labute approximate surface area is 180 Å². The summed E-state index contributed by atoms with van der Waals surface area (Å²) in [5, 5.41) is 2.85. The van der Waals surface area contributed by atoms with Crippen molar-refractivity contribution in [1.29, 1.82) is 0 Å². The zero-order valence-electron chi connectivity index (χ0n) is 16.8. The van der Waals surface area contributed by atoms with Crippen molar-refractivity contribution in [3.63, 3.8) is 0 Å². The van der Waals surface area contributed by atoms with Crippen molar-refractivity contribution in [3.05, 3.63) is 83.7 Å². The SMILES string of the molecule is COc1cccc(C(=O)Nc2ccc3c(c2)CCCN3S(=O)(=O)c2ccc(F)cc2)c1. The summed E-state index contributed by atoms with van der Waals surface area (Å²) < 4.78 is 45.9. The highest BCUT2D eigenvalue weighted by atomic mass is 32.2. The van der Waals surface area contributed by atoms with Crippen molar-refractivity contribution in [3.8, 4) is 5.75 Å². The van der Waals surface area contributed by atoms with Gasteiger partial charge < -0.3 is 10.1 Å². The molecule has 1 aliphatic rings. The van der Waals surface area contributed by atoms with E-state index in [0.717, 1.165) is 17.7 Å². The number of anilines is 2. The molecule has 31 heavy (non-hydrogen) atoms. The quantitative estimate of drug-likeness (QED) is 0.644. The normalized spacial score (nSPS) is 13.4. The Morgan fingerprint density at radius 3 is 2.58 bits per heavy atom. The lowest BCUT2D eigenvalue weighted by atomic mass is 10.0. The van der Waals surface area contributed by atoms with Crippen molar-refractivity contribution in [2.45, 2.75) is 17.7 Å². The summed E-state index contributed by atoms with van der Waals surface area (Å²) >= 11 is 0. The second-order valence-corrected chi connectivity index (χ2v) is 9.03. The zero-order valence-corrected chi connectivity index (χ0v) is 17.7. The number of hydrogen-bond acceptors (Lipinski definition) is 4. The number of nitrogens with zero attached hydrogens (tertiary/aromatic N) is 1. The highest BCUT2D eigenvalue weighted by molar-refractivity contribution is 7.92. The molecule has 0 saturated carbocycles. The van der Waals surface area contributed by atoms with Gasteiger partial charge in [-0.2, -0.15) is 0 Å². The summed E-state index contributed by atoms with van der Waals surface area (Å²) in [6.07, 6.45) is 1.33. The summed E-state index contributed by atoms with van der Waals surface area (Å²) in [5.41, 5.74) is 2.42. The van der Waals surface area contributed by atoms with Gasteiger partial charge in [-0.1, -0.05) is 6.07 Å². The molecule has 0 fully saturated rings. The van der Waals surface area contributed by atoms with E-state index < -0.39 is 15.8 Å². The molecule has 0 spiro atoms. The minimum absolute atomic E-state index is 0.0390. The highest BCUT2D eigenvalue weighted by Crippen LogP contribution is 2.34. The number of halogens is 1. The molecular formula is C23H21FN2O4S. The number of sulfonamides is 1. The third-order valence-corrected chi connectivity index (χ3v) is 6.97. The molecule has 1 N–H and O–H groups in total. The first kappa shape index (κ1) is 20.9. The maximum Gasteiger partial charge on any atom is 0.264 e. The molecule has 0 unspecified atom stereocenters. The van der Waals surface area contributed by atoms with Gasteiger partial charge in [0.1, 0.15) is 11.6 Å². The maximum absolute atomic E-state index is 13.2. The lowest BCUT2D eigenvalue weighted by Crippen LogP contribution is -2.35. The Morgan fingerprint density at radius 1 is 1.06 bits per heavy atom. The Kier molecular flexibility index (Phi) is 5.65. The van der Waals surface area contributed by atoms with Crippen LogP contribution in [-0.4, -0.2) is 28.0 Å².